The number of anilines is 2. The molecule has 2 saturated heterocycles. The zero-order chi connectivity index (χ0) is 32.5. The van der Waals surface area contributed by atoms with Crippen LogP contribution in [0, 0.1) is 20.8 Å². The Bertz CT molecular complexity index is 1480. The Kier molecular flexibility index (Phi) is 12.2. The van der Waals surface area contributed by atoms with Gasteiger partial charge in [0.05, 0.1) is 0 Å². The monoisotopic (exact) mass is 616 g/mol. The number of likely N-dealkylation sites (N-methyl/N-ethyl adjacent to an activating group) is 1. The quantitative estimate of drug-likeness (QED) is 0.347. The van der Waals surface area contributed by atoms with Gasteiger partial charge >= 0.3 is 0 Å². The summed E-state index contributed by atoms with van der Waals surface area (Å²) < 4.78 is 5.66. The number of nitrogens with zero attached hydrogens (tertiary/aromatic N) is 4. The molecule has 0 bridgehead atoms. The third-order valence-corrected chi connectivity index (χ3v) is 8.95. The van der Waals surface area contributed by atoms with Crippen molar-refractivity contribution < 1.29 is 9.53 Å². The minimum atomic E-state index is -0.193. The van der Waals surface area contributed by atoms with Crippen molar-refractivity contribution in [2.24, 2.45) is 0 Å². The number of ether oxygens (including phenoxy) is 1. The van der Waals surface area contributed by atoms with Crippen LogP contribution in [0.4, 0.5) is 11.5 Å². The molecule has 0 spiro atoms. The summed E-state index contributed by atoms with van der Waals surface area (Å²) in [6.07, 6.45) is 4.96. The molecule has 9 nitrogen and oxygen atoms in total. The minimum Gasteiger partial charge on any atom is -0.381 e. The highest BCUT2D eigenvalue weighted by atomic mass is 16.5. The first kappa shape index (κ1) is 34.2. The first-order valence-electron chi connectivity index (χ1n) is 16.6. The van der Waals surface area contributed by atoms with Crippen LogP contribution in [0.3, 0.4) is 0 Å². The average Bonchev–Trinajstić information content (AvgIpc) is 3.27. The number of nitrogens with one attached hydrogen (secondary N) is 2. The number of carbonyl (C=O) groups excluding carboxylic acids is 1. The van der Waals surface area contributed by atoms with E-state index in [0.717, 1.165) is 105 Å². The third-order valence-electron chi connectivity index (χ3n) is 8.95. The highest BCUT2D eigenvalue weighted by Gasteiger charge is 2.25. The van der Waals surface area contributed by atoms with E-state index in [4.69, 9.17) is 9.72 Å². The number of hydrogen-bond acceptors (Lipinski definition) is 7. The van der Waals surface area contributed by atoms with Crippen molar-refractivity contribution in [3.05, 3.63) is 74.8 Å². The van der Waals surface area contributed by atoms with Gasteiger partial charge in [-0.05, 0) is 108 Å². The molecule has 0 aliphatic carbocycles. The molecule has 4 heterocycles. The number of hydrogen-bond donors (Lipinski definition) is 2. The molecular formula is C36H52N6O3. The molecular weight excluding hydrogens is 564 g/mol. The van der Waals surface area contributed by atoms with E-state index < -0.39 is 0 Å². The molecule has 5 rings (SSSR count). The first-order chi connectivity index (χ1) is 21.7. The van der Waals surface area contributed by atoms with Crippen LogP contribution in [0.15, 0.2) is 41.3 Å². The summed E-state index contributed by atoms with van der Waals surface area (Å²) >= 11 is 0. The number of aromatic nitrogens is 2. The number of aromatic amines is 1. The lowest BCUT2D eigenvalue weighted by Gasteiger charge is -2.37. The number of H-pyrrole nitrogens is 1. The zero-order valence-electron chi connectivity index (χ0n) is 28.3. The van der Waals surface area contributed by atoms with E-state index in [-0.39, 0.29) is 18.0 Å². The van der Waals surface area contributed by atoms with Gasteiger partial charge in [0.25, 0.3) is 11.5 Å². The topological polar surface area (TPSA) is 93.8 Å². The Morgan fingerprint density at radius 2 is 1.80 bits per heavy atom. The number of amides is 1. The average molecular weight is 617 g/mol. The number of benzene rings is 1. The normalized spacial score (nSPS) is 16.0. The fraction of sp³-hybridized carbons (Fsp3) is 0.528. The van der Waals surface area contributed by atoms with Crippen LogP contribution in [0.5, 0.6) is 0 Å². The molecule has 2 fully saturated rings. The van der Waals surface area contributed by atoms with Gasteiger partial charge in [0.2, 0.25) is 0 Å². The Morgan fingerprint density at radius 1 is 1.04 bits per heavy atom. The highest BCUT2D eigenvalue weighted by Crippen LogP contribution is 2.34. The van der Waals surface area contributed by atoms with Gasteiger partial charge in [0.15, 0.2) is 0 Å². The lowest BCUT2D eigenvalue weighted by molar-refractivity contribution is 0.0846. The molecule has 0 radical (unpaired) electrons. The maximum atomic E-state index is 13.8. The van der Waals surface area contributed by atoms with Crippen LogP contribution < -0.4 is 20.7 Å². The summed E-state index contributed by atoms with van der Waals surface area (Å²) in [7, 11) is 2.17. The summed E-state index contributed by atoms with van der Waals surface area (Å²) in [5.41, 5.74) is 6.61. The highest BCUT2D eigenvalue weighted by molar-refractivity contribution is 5.99. The van der Waals surface area contributed by atoms with Crippen LogP contribution in [-0.4, -0.2) is 79.8 Å². The molecule has 0 saturated carbocycles. The predicted octanol–water partition coefficient (Wildman–Crippen LogP) is 5.47. The van der Waals surface area contributed by atoms with Crippen molar-refractivity contribution in [3.8, 4) is 11.1 Å². The Balaban J connectivity index is 0.00000226. The maximum absolute atomic E-state index is 13.8. The number of pyridine rings is 2. The minimum absolute atomic E-state index is 0.164. The molecule has 2 aromatic heterocycles. The Morgan fingerprint density at radius 3 is 2.47 bits per heavy atom. The second-order valence-electron chi connectivity index (χ2n) is 12.0. The van der Waals surface area contributed by atoms with Gasteiger partial charge in [0, 0.05) is 86.2 Å². The summed E-state index contributed by atoms with van der Waals surface area (Å²) in [5.74, 6) is 0.793. The Labute approximate surface area is 269 Å². The van der Waals surface area contributed by atoms with Crippen molar-refractivity contribution in [1.29, 1.82) is 0 Å². The van der Waals surface area contributed by atoms with Gasteiger partial charge in [-0.3, -0.25) is 9.59 Å². The van der Waals surface area contributed by atoms with Crippen LogP contribution in [-0.2, 0) is 11.3 Å². The lowest BCUT2D eigenvalue weighted by Crippen LogP contribution is -2.40. The van der Waals surface area contributed by atoms with Crippen LogP contribution in [0.1, 0.15) is 72.8 Å². The molecule has 0 atom stereocenters. The van der Waals surface area contributed by atoms with Gasteiger partial charge in [-0.25, -0.2) is 4.98 Å². The summed E-state index contributed by atoms with van der Waals surface area (Å²) in [4.78, 5) is 41.3. The second-order valence-corrected chi connectivity index (χ2v) is 12.0. The van der Waals surface area contributed by atoms with Gasteiger partial charge < -0.3 is 29.7 Å². The van der Waals surface area contributed by atoms with E-state index in [9.17, 15) is 9.59 Å². The van der Waals surface area contributed by atoms with E-state index in [2.05, 4.69) is 57.2 Å². The molecule has 0 unspecified atom stereocenters. The van der Waals surface area contributed by atoms with E-state index in [1.54, 1.807) is 0 Å². The fourth-order valence-corrected chi connectivity index (χ4v) is 6.41. The summed E-state index contributed by atoms with van der Waals surface area (Å²) in [6.45, 7) is 18.5. The largest absolute Gasteiger partial charge is 0.381 e. The predicted molar refractivity (Wildman–Crippen MR) is 185 cm³/mol. The number of rotatable bonds is 8. The van der Waals surface area contributed by atoms with E-state index in [0.29, 0.717) is 17.2 Å². The van der Waals surface area contributed by atoms with Crippen molar-refractivity contribution >= 4 is 17.4 Å². The SMILES string of the molecule is CC.CCN(c1cc(-c2ccc(N3CCCN(C)CC3)nc2)cc(C(=O)NCc2c(C)cc(C)[nH]c2=O)c1C)C1CCOCC1. The third kappa shape index (κ3) is 8.32. The summed E-state index contributed by atoms with van der Waals surface area (Å²) in [6, 6.07) is 10.7. The van der Waals surface area contributed by atoms with Crippen molar-refractivity contribution in [1.82, 2.24) is 20.2 Å². The first-order valence-corrected chi connectivity index (χ1v) is 16.6. The number of aryl methyl sites for hydroxylation is 2. The van der Waals surface area contributed by atoms with Gasteiger partial charge in [-0.15, -0.1) is 0 Å². The zero-order valence-corrected chi connectivity index (χ0v) is 28.3. The standard InChI is InChI=1S/C34H46N6O3.C2H6/c1-6-40(28-10-16-43-17-11-28)31-20-27(26-8-9-32(35-21-26)39-13-7-12-38(5)14-15-39)19-29(25(31)4)33(41)36-22-30-23(2)18-24(3)37-34(30)42;1-2/h8-9,18-21,28H,6-7,10-17,22H2,1-5H3,(H,36,41)(H,37,42);1-2H3. The molecule has 2 aliphatic rings. The van der Waals surface area contributed by atoms with E-state index >= 15 is 0 Å². The van der Waals surface area contributed by atoms with Crippen LogP contribution in [0.2, 0.25) is 0 Å². The smallest absolute Gasteiger partial charge is 0.253 e. The maximum Gasteiger partial charge on any atom is 0.253 e. The fourth-order valence-electron chi connectivity index (χ4n) is 6.41. The number of carbonyl (C=O) groups is 1. The molecule has 3 aromatic rings. The van der Waals surface area contributed by atoms with E-state index in [1.807, 2.05) is 52.9 Å². The van der Waals surface area contributed by atoms with Crippen molar-refractivity contribution in [2.45, 2.75) is 73.4 Å². The second kappa shape index (κ2) is 16.0. The van der Waals surface area contributed by atoms with Crippen molar-refractivity contribution in [3.63, 3.8) is 0 Å². The molecule has 244 valence electrons. The Hall–Kier alpha value is -3.69. The molecule has 2 aliphatic heterocycles. The van der Waals surface area contributed by atoms with E-state index in [1.165, 1.54) is 0 Å². The van der Waals surface area contributed by atoms with Crippen LogP contribution >= 0.6 is 0 Å². The molecule has 2 N–H and O–H groups in total. The molecule has 1 amide bonds. The van der Waals surface area contributed by atoms with Gasteiger partial charge in [-0.1, -0.05) is 13.8 Å². The van der Waals surface area contributed by atoms with Gasteiger partial charge in [0.1, 0.15) is 5.82 Å². The molecule has 45 heavy (non-hydrogen) atoms. The van der Waals surface area contributed by atoms with Crippen molar-refractivity contribution in [2.75, 3.05) is 62.8 Å². The molecule has 1 aromatic carbocycles. The van der Waals surface area contributed by atoms with Crippen LogP contribution in [0.25, 0.3) is 11.1 Å². The van der Waals surface area contributed by atoms with Gasteiger partial charge in [-0.2, -0.15) is 0 Å². The molecule has 9 heteroatoms. The summed E-state index contributed by atoms with van der Waals surface area (Å²) in [5, 5.41) is 3.04. The lowest BCUT2D eigenvalue weighted by atomic mass is 9.95.